The van der Waals surface area contributed by atoms with E-state index in [0.29, 0.717) is 16.4 Å². The first-order valence-electron chi connectivity index (χ1n) is 10.9. The number of carbonyl (C=O) groups is 1. The number of rotatable bonds is 8. The summed E-state index contributed by atoms with van der Waals surface area (Å²) in [5.41, 5.74) is 6.23. The number of alkyl halides is 3. The second-order valence-corrected chi connectivity index (χ2v) is 8.88. The monoisotopic (exact) mass is 526 g/mol. The largest absolute Gasteiger partial charge is 0.488 e. The molecule has 0 aliphatic carbocycles. The van der Waals surface area contributed by atoms with Crippen molar-refractivity contribution in [3.63, 3.8) is 0 Å². The molecule has 190 valence electrons. The predicted molar refractivity (Wildman–Crippen MR) is 136 cm³/mol. The lowest BCUT2D eigenvalue weighted by atomic mass is 10.1. The summed E-state index contributed by atoms with van der Waals surface area (Å²) >= 11 is 1.25. The number of amides is 1. The number of nitrogens with one attached hydrogen (secondary N) is 2. The van der Waals surface area contributed by atoms with Crippen LogP contribution in [0.3, 0.4) is 0 Å². The lowest BCUT2D eigenvalue weighted by Crippen LogP contribution is -2.12. The van der Waals surface area contributed by atoms with E-state index in [9.17, 15) is 18.0 Å². The zero-order valence-corrected chi connectivity index (χ0v) is 20.2. The van der Waals surface area contributed by atoms with Crippen molar-refractivity contribution in [2.24, 2.45) is 5.73 Å². The van der Waals surface area contributed by atoms with Gasteiger partial charge in [-0.1, -0.05) is 47.7 Å². The van der Waals surface area contributed by atoms with Crippen LogP contribution in [0.1, 0.15) is 23.6 Å². The third-order valence-corrected chi connectivity index (χ3v) is 5.95. The lowest BCUT2D eigenvalue weighted by molar-refractivity contribution is -0.137. The normalized spacial score (nSPS) is 11.8. The molecule has 0 unspecified atom stereocenters. The summed E-state index contributed by atoms with van der Waals surface area (Å²) in [6.07, 6.45) is -3.40. The molecule has 4 rings (SSSR count). The quantitative estimate of drug-likeness (QED) is 0.190. The molecular weight excluding hydrogens is 505 g/mol. The van der Waals surface area contributed by atoms with Crippen molar-refractivity contribution < 1.29 is 27.4 Å². The molecule has 0 atom stereocenters. The van der Waals surface area contributed by atoms with Gasteiger partial charge in [0, 0.05) is 18.6 Å². The van der Waals surface area contributed by atoms with Crippen LogP contribution in [0.5, 0.6) is 11.5 Å². The molecule has 1 aromatic heterocycles. The molecule has 0 saturated carbocycles. The van der Waals surface area contributed by atoms with E-state index in [-0.39, 0.29) is 35.4 Å². The number of anilines is 1. The Balaban J connectivity index is 1.59. The number of carbonyl (C=O) groups excluding carboxylic acids is 1. The molecule has 0 bridgehead atoms. The number of nitrogens with zero attached hydrogens (tertiary/aromatic N) is 1. The number of allylic oxidation sites excluding steroid dienone is 1. The molecule has 37 heavy (non-hydrogen) atoms. The number of ether oxygens (including phenoxy) is 2. The van der Waals surface area contributed by atoms with E-state index in [4.69, 9.17) is 20.6 Å². The van der Waals surface area contributed by atoms with Gasteiger partial charge in [0.1, 0.15) is 17.9 Å². The van der Waals surface area contributed by atoms with Gasteiger partial charge in [-0.3, -0.25) is 10.2 Å². The number of thiazole rings is 1. The Kier molecular flexibility index (Phi) is 7.44. The van der Waals surface area contributed by atoms with E-state index in [2.05, 4.69) is 10.3 Å². The van der Waals surface area contributed by atoms with Crippen LogP contribution in [0.25, 0.3) is 10.2 Å². The predicted octanol–water partition coefficient (Wildman–Crippen LogP) is 6.10. The Morgan fingerprint density at radius 3 is 2.57 bits per heavy atom. The van der Waals surface area contributed by atoms with E-state index >= 15 is 0 Å². The van der Waals surface area contributed by atoms with Crippen LogP contribution >= 0.6 is 11.3 Å². The highest BCUT2D eigenvalue weighted by Gasteiger charge is 2.31. The molecule has 1 heterocycles. The molecule has 0 radical (unpaired) electrons. The smallest absolute Gasteiger partial charge is 0.416 e. The van der Waals surface area contributed by atoms with Crippen molar-refractivity contribution >= 4 is 38.3 Å². The maximum absolute atomic E-state index is 13.3. The number of hydrogen-bond donors (Lipinski definition) is 3. The molecule has 4 N–H and O–H groups in total. The summed E-state index contributed by atoms with van der Waals surface area (Å²) in [4.78, 5) is 15.7. The van der Waals surface area contributed by atoms with Gasteiger partial charge in [-0.2, -0.15) is 13.2 Å². The van der Waals surface area contributed by atoms with Crippen LogP contribution in [-0.4, -0.2) is 16.6 Å². The van der Waals surface area contributed by atoms with Gasteiger partial charge in [0.25, 0.3) is 0 Å². The summed E-state index contributed by atoms with van der Waals surface area (Å²) in [6.45, 7) is 1.38. The fraction of sp³-hybridized carbons (Fsp3) is 0.115. The van der Waals surface area contributed by atoms with Gasteiger partial charge in [-0.25, -0.2) is 4.98 Å². The van der Waals surface area contributed by atoms with E-state index in [1.165, 1.54) is 24.3 Å². The second kappa shape index (κ2) is 10.7. The summed E-state index contributed by atoms with van der Waals surface area (Å²) in [5, 5.41) is 11.5. The van der Waals surface area contributed by atoms with Crippen LogP contribution in [0.2, 0.25) is 0 Å². The third-order valence-electron chi connectivity index (χ3n) is 5.02. The first kappa shape index (κ1) is 25.7. The molecular formula is C26H21F3N4O3S. The topological polar surface area (TPSA) is 110 Å². The number of hydrogen-bond acceptors (Lipinski definition) is 7. The Morgan fingerprint density at radius 2 is 1.86 bits per heavy atom. The Bertz CT molecular complexity index is 1480. The number of halogens is 3. The Morgan fingerprint density at radius 1 is 1.11 bits per heavy atom. The molecule has 11 heteroatoms. The van der Waals surface area contributed by atoms with Crippen molar-refractivity contribution in [3.8, 4) is 11.5 Å². The number of fused-ring (bicyclic) bond motifs is 1. The third kappa shape index (κ3) is 6.44. The van der Waals surface area contributed by atoms with Gasteiger partial charge in [0.15, 0.2) is 16.8 Å². The molecule has 0 saturated heterocycles. The van der Waals surface area contributed by atoms with Gasteiger partial charge < -0.3 is 20.5 Å². The van der Waals surface area contributed by atoms with Crippen molar-refractivity contribution in [1.82, 2.24) is 4.98 Å². The highest BCUT2D eigenvalue weighted by atomic mass is 32.1. The van der Waals surface area contributed by atoms with E-state index in [1.807, 2.05) is 6.07 Å². The number of nitrogens with two attached hydrogens (primary N) is 1. The zero-order valence-electron chi connectivity index (χ0n) is 19.4. The van der Waals surface area contributed by atoms with Crippen LogP contribution < -0.4 is 20.5 Å². The van der Waals surface area contributed by atoms with Crippen molar-refractivity contribution in [2.45, 2.75) is 19.7 Å². The molecule has 7 nitrogen and oxygen atoms in total. The van der Waals surface area contributed by atoms with E-state index in [1.54, 1.807) is 42.5 Å². The summed E-state index contributed by atoms with van der Waals surface area (Å²) in [6, 6.07) is 17.0. The fourth-order valence-corrected chi connectivity index (χ4v) is 4.29. The molecule has 0 aliphatic heterocycles. The fourth-order valence-electron chi connectivity index (χ4n) is 3.36. The van der Waals surface area contributed by atoms with E-state index in [0.717, 1.165) is 28.5 Å². The highest BCUT2D eigenvalue weighted by Crippen LogP contribution is 2.35. The van der Waals surface area contributed by atoms with Crippen LogP contribution in [0, 0.1) is 5.41 Å². The van der Waals surface area contributed by atoms with Gasteiger partial charge in [0.2, 0.25) is 5.91 Å². The number of benzene rings is 3. The molecule has 0 fully saturated rings. The molecule has 1 amide bonds. The van der Waals surface area contributed by atoms with Crippen molar-refractivity contribution in [2.75, 3.05) is 5.32 Å². The van der Waals surface area contributed by atoms with Gasteiger partial charge >= 0.3 is 6.18 Å². The van der Waals surface area contributed by atoms with Gasteiger partial charge in [-0.15, -0.1) is 0 Å². The Labute approximate surface area is 213 Å². The zero-order chi connectivity index (χ0) is 26.6. The average Bonchev–Trinajstić information content (AvgIpc) is 3.25. The maximum Gasteiger partial charge on any atom is 0.416 e. The summed E-state index contributed by atoms with van der Waals surface area (Å²) < 4.78 is 52.1. The summed E-state index contributed by atoms with van der Waals surface area (Å²) in [5.74, 6) is -0.272. The van der Waals surface area contributed by atoms with Crippen molar-refractivity contribution in [3.05, 3.63) is 95.4 Å². The lowest BCUT2D eigenvalue weighted by Gasteiger charge is -2.15. The molecule has 0 aliphatic rings. The van der Waals surface area contributed by atoms with Crippen LogP contribution in [-0.2, 0) is 17.6 Å². The van der Waals surface area contributed by atoms with Gasteiger partial charge in [0.05, 0.1) is 16.0 Å². The average molecular weight is 527 g/mol. The standard InChI is InChI=1S/C26H21F3N4O3S/c1-15(34)32-25-33-24-20(8-5-9-22(24)37-25)36-23(31)13-19(30)18-11-10-17(26(27,28)29)12-21(18)35-14-16-6-3-2-4-7-16/h2-13,30H,14,31H2,1H3,(H,32,33,34)/b23-13+,30-19?. The van der Waals surface area contributed by atoms with E-state index < -0.39 is 11.7 Å². The minimum absolute atomic E-state index is 0.0145. The highest BCUT2D eigenvalue weighted by molar-refractivity contribution is 7.22. The minimum Gasteiger partial charge on any atom is -0.488 e. The minimum atomic E-state index is -4.58. The molecule has 4 aromatic rings. The van der Waals surface area contributed by atoms with Gasteiger partial charge in [-0.05, 0) is 35.9 Å². The second-order valence-electron chi connectivity index (χ2n) is 7.85. The SMILES string of the molecule is CC(=O)Nc1nc2c(O/C(N)=C/C(=N)c3ccc(C(F)(F)F)cc3OCc3ccccc3)cccc2s1. The molecule has 0 spiro atoms. The van der Waals surface area contributed by atoms with Crippen LogP contribution in [0.4, 0.5) is 18.3 Å². The first-order valence-corrected chi connectivity index (χ1v) is 11.7. The van der Waals surface area contributed by atoms with Crippen molar-refractivity contribution in [1.29, 1.82) is 5.41 Å². The maximum atomic E-state index is 13.3. The number of aromatic nitrogens is 1. The first-order chi connectivity index (χ1) is 17.6. The summed E-state index contributed by atoms with van der Waals surface area (Å²) in [7, 11) is 0. The Hall–Kier alpha value is -4.38. The van der Waals surface area contributed by atoms with Crippen LogP contribution in [0.15, 0.2) is 78.7 Å². The number of para-hydroxylation sites is 1. The molecule has 3 aromatic carbocycles.